The third-order valence-corrected chi connectivity index (χ3v) is 3.38. The van der Waals surface area contributed by atoms with E-state index in [1.165, 1.54) is 32.5 Å². The molecule has 2 atom stereocenters. The average molecular weight is 212 g/mol. The van der Waals surface area contributed by atoms with Crippen LogP contribution in [0.5, 0.6) is 0 Å². The molecule has 0 aromatic carbocycles. The predicted octanol–water partition coefficient (Wildman–Crippen LogP) is 2.35. The van der Waals surface area contributed by atoms with Gasteiger partial charge in [-0.25, -0.2) is 0 Å². The van der Waals surface area contributed by atoms with Crippen LogP contribution in [0.25, 0.3) is 0 Å². The van der Waals surface area contributed by atoms with Crippen molar-refractivity contribution in [1.82, 2.24) is 10.2 Å². The summed E-state index contributed by atoms with van der Waals surface area (Å²) in [6.45, 7) is 14.2. The molecule has 1 fully saturated rings. The smallest absolute Gasteiger partial charge is 0.0218 e. The van der Waals surface area contributed by atoms with E-state index in [9.17, 15) is 0 Å². The molecule has 0 spiro atoms. The summed E-state index contributed by atoms with van der Waals surface area (Å²) in [5.74, 6) is 1.67. The molecule has 2 nitrogen and oxygen atoms in total. The monoisotopic (exact) mass is 212 g/mol. The zero-order valence-corrected chi connectivity index (χ0v) is 10.9. The van der Waals surface area contributed by atoms with Crippen molar-refractivity contribution in [3.05, 3.63) is 0 Å². The zero-order valence-electron chi connectivity index (χ0n) is 10.9. The van der Waals surface area contributed by atoms with Gasteiger partial charge in [0.25, 0.3) is 0 Å². The first-order valence-corrected chi connectivity index (χ1v) is 6.58. The first-order valence-electron chi connectivity index (χ1n) is 6.58. The number of hydrogen-bond acceptors (Lipinski definition) is 2. The van der Waals surface area contributed by atoms with Crippen molar-refractivity contribution >= 4 is 0 Å². The number of rotatable bonds is 6. The molecule has 1 aliphatic rings. The fourth-order valence-electron chi connectivity index (χ4n) is 2.37. The van der Waals surface area contributed by atoms with Gasteiger partial charge in [0.15, 0.2) is 0 Å². The van der Waals surface area contributed by atoms with E-state index in [0.29, 0.717) is 0 Å². The summed E-state index contributed by atoms with van der Waals surface area (Å²) >= 11 is 0. The molecule has 0 saturated carbocycles. The standard InChI is InChI=1S/C13H28N2/c1-5-13(9-14-8-11(2)3)15-7-6-12(4)10-15/h11-14H,5-10H2,1-4H3. The number of nitrogens with one attached hydrogen (secondary N) is 1. The predicted molar refractivity (Wildman–Crippen MR) is 67.1 cm³/mol. The van der Waals surface area contributed by atoms with Gasteiger partial charge in [0.05, 0.1) is 0 Å². The van der Waals surface area contributed by atoms with Crippen LogP contribution < -0.4 is 5.32 Å². The van der Waals surface area contributed by atoms with Gasteiger partial charge in [0.2, 0.25) is 0 Å². The van der Waals surface area contributed by atoms with Crippen LogP contribution in [0.3, 0.4) is 0 Å². The lowest BCUT2D eigenvalue weighted by molar-refractivity contribution is 0.222. The maximum atomic E-state index is 3.59. The van der Waals surface area contributed by atoms with Crippen molar-refractivity contribution in [2.75, 3.05) is 26.2 Å². The van der Waals surface area contributed by atoms with Crippen LogP contribution in [0.15, 0.2) is 0 Å². The maximum absolute atomic E-state index is 3.59. The second-order valence-electron chi connectivity index (χ2n) is 5.50. The quantitative estimate of drug-likeness (QED) is 0.727. The first kappa shape index (κ1) is 13.0. The van der Waals surface area contributed by atoms with Gasteiger partial charge in [0.1, 0.15) is 0 Å². The Morgan fingerprint density at radius 1 is 1.33 bits per heavy atom. The highest BCUT2D eigenvalue weighted by molar-refractivity contribution is 4.80. The normalized spacial score (nSPS) is 25.0. The highest BCUT2D eigenvalue weighted by atomic mass is 15.2. The number of hydrogen-bond donors (Lipinski definition) is 1. The molecule has 1 heterocycles. The van der Waals surface area contributed by atoms with E-state index in [1.54, 1.807) is 0 Å². The summed E-state index contributed by atoms with van der Waals surface area (Å²) < 4.78 is 0. The second kappa shape index (κ2) is 6.49. The van der Waals surface area contributed by atoms with Crippen molar-refractivity contribution in [1.29, 1.82) is 0 Å². The lowest BCUT2D eigenvalue weighted by atomic mass is 10.1. The van der Waals surface area contributed by atoms with Crippen LogP contribution in [-0.2, 0) is 0 Å². The molecule has 0 aromatic heterocycles. The van der Waals surface area contributed by atoms with Crippen LogP contribution in [0.1, 0.15) is 40.5 Å². The van der Waals surface area contributed by atoms with Gasteiger partial charge in [0, 0.05) is 19.1 Å². The Kier molecular flexibility index (Phi) is 5.62. The maximum Gasteiger partial charge on any atom is 0.0218 e. The summed E-state index contributed by atoms with van der Waals surface area (Å²) in [6, 6.07) is 0.758. The third kappa shape index (κ3) is 4.52. The van der Waals surface area contributed by atoms with E-state index < -0.39 is 0 Å². The summed E-state index contributed by atoms with van der Waals surface area (Å²) in [6.07, 6.45) is 2.67. The minimum Gasteiger partial charge on any atom is -0.315 e. The molecule has 90 valence electrons. The van der Waals surface area contributed by atoms with E-state index in [4.69, 9.17) is 0 Å². The van der Waals surface area contributed by atoms with E-state index in [0.717, 1.165) is 24.4 Å². The van der Waals surface area contributed by atoms with Gasteiger partial charge < -0.3 is 5.32 Å². The molecular formula is C13H28N2. The Morgan fingerprint density at radius 3 is 2.53 bits per heavy atom. The molecule has 1 aliphatic heterocycles. The summed E-state index contributed by atoms with van der Waals surface area (Å²) in [5.41, 5.74) is 0. The Hall–Kier alpha value is -0.0800. The van der Waals surface area contributed by atoms with Crippen molar-refractivity contribution in [3.63, 3.8) is 0 Å². The Morgan fingerprint density at radius 2 is 2.07 bits per heavy atom. The van der Waals surface area contributed by atoms with Gasteiger partial charge in [-0.1, -0.05) is 27.7 Å². The van der Waals surface area contributed by atoms with Crippen LogP contribution in [0.2, 0.25) is 0 Å². The van der Waals surface area contributed by atoms with Crippen LogP contribution >= 0.6 is 0 Å². The van der Waals surface area contributed by atoms with Crippen LogP contribution in [0, 0.1) is 11.8 Å². The fraction of sp³-hybridized carbons (Fsp3) is 1.00. The van der Waals surface area contributed by atoms with Crippen LogP contribution in [0.4, 0.5) is 0 Å². The summed E-state index contributed by atoms with van der Waals surface area (Å²) in [7, 11) is 0. The SMILES string of the molecule is CCC(CNCC(C)C)N1CCC(C)C1. The van der Waals surface area contributed by atoms with E-state index in [1.807, 2.05) is 0 Å². The summed E-state index contributed by atoms with van der Waals surface area (Å²) in [5, 5.41) is 3.59. The third-order valence-electron chi connectivity index (χ3n) is 3.38. The number of nitrogens with zero attached hydrogens (tertiary/aromatic N) is 1. The van der Waals surface area contributed by atoms with Crippen molar-refractivity contribution in [2.24, 2.45) is 11.8 Å². The van der Waals surface area contributed by atoms with Gasteiger partial charge >= 0.3 is 0 Å². The highest BCUT2D eigenvalue weighted by Gasteiger charge is 2.24. The lowest BCUT2D eigenvalue weighted by Gasteiger charge is -2.27. The van der Waals surface area contributed by atoms with Crippen molar-refractivity contribution in [3.8, 4) is 0 Å². The molecular weight excluding hydrogens is 184 g/mol. The summed E-state index contributed by atoms with van der Waals surface area (Å²) in [4.78, 5) is 2.66. The molecule has 1 rings (SSSR count). The van der Waals surface area contributed by atoms with Crippen molar-refractivity contribution in [2.45, 2.75) is 46.6 Å². The molecule has 2 heteroatoms. The van der Waals surface area contributed by atoms with E-state index in [-0.39, 0.29) is 0 Å². The molecule has 2 unspecified atom stereocenters. The highest BCUT2D eigenvalue weighted by Crippen LogP contribution is 2.18. The molecule has 0 bridgehead atoms. The molecule has 15 heavy (non-hydrogen) atoms. The van der Waals surface area contributed by atoms with Crippen LogP contribution in [-0.4, -0.2) is 37.1 Å². The van der Waals surface area contributed by atoms with Gasteiger partial charge in [-0.05, 0) is 37.8 Å². The average Bonchev–Trinajstić information content (AvgIpc) is 2.59. The second-order valence-corrected chi connectivity index (χ2v) is 5.50. The topological polar surface area (TPSA) is 15.3 Å². The van der Waals surface area contributed by atoms with Gasteiger partial charge in [-0.3, -0.25) is 4.90 Å². The first-order chi connectivity index (χ1) is 7.13. The molecule has 1 N–H and O–H groups in total. The molecule has 0 aromatic rings. The van der Waals surface area contributed by atoms with Gasteiger partial charge in [-0.15, -0.1) is 0 Å². The zero-order chi connectivity index (χ0) is 11.3. The Balaban J connectivity index is 2.23. The minimum absolute atomic E-state index is 0.758. The largest absolute Gasteiger partial charge is 0.315 e. The minimum atomic E-state index is 0.758. The van der Waals surface area contributed by atoms with Gasteiger partial charge in [-0.2, -0.15) is 0 Å². The molecule has 0 aliphatic carbocycles. The molecule has 1 saturated heterocycles. The van der Waals surface area contributed by atoms with Crippen molar-refractivity contribution < 1.29 is 0 Å². The molecule has 0 radical (unpaired) electrons. The van der Waals surface area contributed by atoms with E-state index >= 15 is 0 Å². The Bertz CT molecular complexity index is 168. The van der Waals surface area contributed by atoms with E-state index in [2.05, 4.69) is 37.9 Å². The fourth-order valence-corrected chi connectivity index (χ4v) is 2.37. The Labute approximate surface area is 95.4 Å². The lowest BCUT2D eigenvalue weighted by Crippen LogP contribution is -2.41. The molecule has 0 amide bonds. The number of likely N-dealkylation sites (tertiary alicyclic amines) is 1.